The first kappa shape index (κ1) is 10.8. The molecule has 1 aromatic rings. The first-order valence-corrected chi connectivity index (χ1v) is 4.84. The summed E-state index contributed by atoms with van der Waals surface area (Å²) in [6.07, 6.45) is 0.288. The Labute approximate surface area is 91.2 Å². The molecule has 1 atom stereocenters. The van der Waals surface area contributed by atoms with Crippen LogP contribution >= 0.6 is 0 Å². The van der Waals surface area contributed by atoms with Gasteiger partial charge in [0.2, 0.25) is 0 Å². The lowest BCUT2D eigenvalue weighted by Gasteiger charge is -2.13. The first-order valence-electron chi connectivity index (χ1n) is 4.84. The van der Waals surface area contributed by atoms with Gasteiger partial charge >= 0.3 is 0 Å². The van der Waals surface area contributed by atoms with Gasteiger partial charge in [-0.3, -0.25) is 0 Å². The average molecular weight is 225 g/mol. The Balaban J connectivity index is 2.23. The first-order chi connectivity index (χ1) is 7.70. The van der Waals surface area contributed by atoms with Gasteiger partial charge in [0.15, 0.2) is 17.4 Å². The molecule has 1 unspecified atom stereocenters. The maximum atomic E-state index is 13.4. The molecule has 3 nitrogen and oxygen atoms in total. The number of halogens is 2. The van der Waals surface area contributed by atoms with E-state index in [4.69, 9.17) is 14.7 Å². The van der Waals surface area contributed by atoms with Gasteiger partial charge < -0.3 is 9.47 Å². The summed E-state index contributed by atoms with van der Waals surface area (Å²) in [6, 6.07) is 3.57. The second-order valence-corrected chi connectivity index (χ2v) is 3.48. The lowest BCUT2D eigenvalue weighted by atomic mass is 10.2. The summed E-state index contributed by atoms with van der Waals surface area (Å²) in [4.78, 5) is 0. The Morgan fingerprint density at radius 2 is 2.06 bits per heavy atom. The van der Waals surface area contributed by atoms with Crippen LogP contribution in [0.25, 0.3) is 0 Å². The maximum Gasteiger partial charge on any atom is 0.191 e. The zero-order valence-electron chi connectivity index (χ0n) is 8.37. The molecular formula is C11H9F2NO2. The van der Waals surface area contributed by atoms with E-state index in [0.29, 0.717) is 19.6 Å². The minimum atomic E-state index is -0.858. The van der Waals surface area contributed by atoms with E-state index in [1.54, 1.807) is 6.07 Å². The zero-order chi connectivity index (χ0) is 11.5. The molecule has 0 aromatic heterocycles. The molecule has 2 rings (SSSR count). The molecule has 1 aliphatic rings. The number of rotatable bonds is 2. The van der Waals surface area contributed by atoms with Crippen molar-refractivity contribution in [1.29, 1.82) is 5.26 Å². The van der Waals surface area contributed by atoms with Crippen LogP contribution in [0.4, 0.5) is 8.78 Å². The standard InChI is InChI=1S/C11H9F2NO2/c12-9-3-7(5-14)4-10(13)11(9)16-8-1-2-15-6-8/h3-4,8H,1-2,6H2. The third-order valence-electron chi connectivity index (χ3n) is 2.30. The van der Waals surface area contributed by atoms with Gasteiger partial charge in [-0.2, -0.15) is 5.26 Å². The van der Waals surface area contributed by atoms with Gasteiger partial charge in [-0.05, 0) is 12.1 Å². The molecule has 0 radical (unpaired) electrons. The van der Waals surface area contributed by atoms with E-state index in [1.165, 1.54) is 0 Å². The van der Waals surface area contributed by atoms with Crippen LogP contribution < -0.4 is 4.74 Å². The fourth-order valence-electron chi connectivity index (χ4n) is 1.51. The van der Waals surface area contributed by atoms with E-state index in [9.17, 15) is 8.78 Å². The van der Waals surface area contributed by atoms with Gasteiger partial charge in [-0.25, -0.2) is 8.78 Å². The molecule has 1 fully saturated rings. The molecule has 0 N–H and O–H groups in total. The number of benzene rings is 1. The third kappa shape index (κ3) is 2.12. The molecule has 1 saturated heterocycles. The van der Waals surface area contributed by atoms with Crippen molar-refractivity contribution < 1.29 is 18.3 Å². The Morgan fingerprint density at radius 1 is 1.38 bits per heavy atom. The molecule has 1 aromatic carbocycles. The predicted molar refractivity (Wildman–Crippen MR) is 50.9 cm³/mol. The summed E-state index contributed by atoms with van der Waals surface area (Å²) in [5.74, 6) is -2.15. The largest absolute Gasteiger partial charge is 0.482 e. The molecule has 1 heterocycles. The molecule has 16 heavy (non-hydrogen) atoms. The highest BCUT2D eigenvalue weighted by atomic mass is 19.1. The van der Waals surface area contributed by atoms with Crippen LogP contribution in [0, 0.1) is 23.0 Å². The summed E-state index contributed by atoms with van der Waals surface area (Å²) >= 11 is 0. The second kappa shape index (κ2) is 4.45. The van der Waals surface area contributed by atoms with Crippen LogP contribution in [0.5, 0.6) is 5.75 Å². The van der Waals surface area contributed by atoms with Crippen molar-refractivity contribution in [2.45, 2.75) is 12.5 Å². The van der Waals surface area contributed by atoms with Crippen molar-refractivity contribution in [1.82, 2.24) is 0 Å². The Bertz CT molecular complexity index is 413. The van der Waals surface area contributed by atoms with Gasteiger partial charge in [-0.1, -0.05) is 0 Å². The number of nitrogens with zero attached hydrogens (tertiary/aromatic N) is 1. The predicted octanol–water partition coefficient (Wildman–Crippen LogP) is 2.00. The fourth-order valence-corrected chi connectivity index (χ4v) is 1.51. The smallest absolute Gasteiger partial charge is 0.191 e. The fraction of sp³-hybridized carbons (Fsp3) is 0.364. The van der Waals surface area contributed by atoms with Gasteiger partial charge in [0.25, 0.3) is 0 Å². The van der Waals surface area contributed by atoms with E-state index < -0.39 is 17.4 Å². The van der Waals surface area contributed by atoms with Crippen molar-refractivity contribution in [3.05, 3.63) is 29.3 Å². The van der Waals surface area contributed by atoms with Gasteiger partial charge in [0.1, 0.15) is 6.10 Å². The molecule has 0 amide bonds. The van der Waals surface area contributed by atoms with E-state index in [0.717, 1.165) is 12.1 Å². The van der Waals surface area contributed by atoms with Gasteiger partial charge in [0.05, 0.1) is 24.8 Å². The average Bonchev–Trinajstić information content (AvgIpc) is 2.75. The summed E-state index contributed by atoms with van der Waals surface area (Å²) in [5, 5.41) is 8.52. The van der Waals surface area contributed by atoms with Crippen LogP contribution in [0.15, 0.2) is 12.1 Å². The Kier molecular flexibility index (Phi) is 3.02. The monoisotopic (exact) mass is 225 g/mol. The topological polar surface area (TPSA) is 42.2 Å². The van der Waals surface area contributed by atoms with Crippen LogP contribution in [0.2, 0.25) is 0 Å². The van der Waals surface area contributed by atoms with Gasteiger partial charge in [-0.15, -0.1) is 0 Å². The molecular weight excluding hydrogens is 216 g/mol. The minimum absolute atomic E-state index is 0.0648. The summed E-state index contributed by atoms with van der Waals surface area (Å²) in [7, 11) is 0. The van der Waals surface area contributed by atoms with Crippen LogP contribution in [0.1, 0.15) is 12.0 Å². The summed E-state index contributed by atoms with van der Waals surface area (Å²) < 4.78 is 37.0. The van der Waals surface area contributed by atoms with Crippen molar-refractivity contribution in [3.8, 4) is 11.8 Å². The number of nitriles is 1. The Hall–Kier alpha value is -1.67. The number of ether oxygens (including phenoxy) is 2. The highest BCUT2D eigenvalue weighted by Crippen LogP contribution is 2.25. The highest BCUT2D eigenvalue weighted by molar-refractivity contribution is 5.37. The lowest BCUT2D eigenvalue weighted by molar-refractivity contribution is 0.134. The lowest BCUT2D eigenvalue weighted by Crippen LogP contribution is -2.17. The van der Waals surface area contributed by atoms with Gasteiger partial charge in [0, 0.05) is 6.42 Å². The van der Waals surface area contributed by atoms with Crippen LogP contribution in [-0.4, -0.2) is 19.3 Å². The van der Waals surface area contributed by atoms with Crippen molar-refractivity contribution in [2.75, 3.05) is 13.2 Å². The summed E-state index contributed by atoms with van der Waals surface area (Å²) in [5.41, 5.74) is -0.0648. The summed E-state index contributed by atoms with van der Waals surface area (Å²) in [6.45, 7) is 0.864. The molecule has 0 spiro atoms. The van der Waals surface area contributed by atoms with E-state index in [1.807, 2.05) is 0 Å². The van der Waals surface area contributed by atoms with Crippen LogP contribution in [0.3, 0.4) is 0 Å². The SMILES string of the molecule is N#Cc1cc(F)c(OC2CCOC2)c(F)c1. The molecule has 0 aliphatic carbocycles. The number of hydrogen-bond acceptors (Lipinski definition) is 3. The Morgan fingerprint density at radius 3 is 2.56 bits per heavy atom. The molecule has 0 bridgehead atoms. The quantitative estimate of drug-likeness (QED) is 0.773. The molecule has 5 heteroatoms. The van der Waals surface area contributed by atoms with E-state index >= 15 is 0 Å². The van der Waals surface area contributed by atoms with Crippen molar-refractivity contribution >= 4 is 0 Å². The van der Waals surface area contributed by atoms with Crippen LogP contribution in [-0.2, 0) is 4.74 Å². The number of hydrogen-bond donors (Lipinski definition) is 0. The highest BCUT2D eigenvalue weighted by Gasteiger charge is 2.21. The molecule has 84 valence electrons. The van der Waals surface area contributed by atoms with E-state index in [2.05, 4.69) is 0 Å². The van der Waals surface area contributed by atoms with Crippen molar-refractivity contribution in [2.24, 2.45) is 0 Å². The second-order valence-electron chi connectivity index (χ2n) is 3.48. The molecule has 1 aliphatic heterocycles. The van der Waals surface area contributed by atoms with E-state index in [-0.39, 0.29) is 11.7 Å². The maximum absolute atomic E-state index is 13.4. The normalized spacial score (nSPS) is 19.4. The minimum Gasteiger partial charge on any atom is -0.482 e. The zero-order valence-corrected chi connectivity index (χ0v) is 8.37. The van der Waals surface area contributed by atoms with Crippen molar-refractivity contribution in [3.63, 3.8) is 0 Å². The third-order valence-corrected chi connectivity index (χ3v) is 2.30. The molecule has 0 saturated carbocycles.